The molecule has 28 heavy (non-hydrogen) atoms. The van der Waals surface area contributed by atoms with Crippen molar-refractivity contribution in [2.45, 2.75) is 20.5 Å². The van der Waals surface area contributed by atoms with Gasteiger partial charge in [-0.1, -0.05) is 18.2 Å². The molecule has 0 aliphatic heterocycles. The molecular weight excluding hydrogens is 362 g/mol. The van der Waals surface area contributed by atoms with Crippen LogP contribution in [0.1, 0.15) is 27.7 Å². The summed E-state index contributed by atoms with van der Waals surface area (Å²) in [6.45, 7) is 3.38. The quantitative estimate of drug-likeness (QED) is 0.630. The predicted molar refractivity (Wildman–Crippen MR) is 101 cm³/mol. The molecule has 3 rings (SSSR count). The maximum absolute atomic E-state index is 12.1. The first-order valence-electron chi connectivity index (χ1n) is 8.67. The van der Waals surface area contributed by atoms with Crippen molar-refractivity contribution >= 4 is 17.6 Å². The number of nitrogens with zero attached hydrogens (tertiary/aromatic N) is 2. The molecule has 1 aromatic carbocycles. The van der Waals surface area contributed by atoms with Gasteiger partial charge in [0.15, 0.2) is 6.61 Å². The Bertz CT molecular complexity index is 975. The second kappa shape index (κ2) is 8.43. The highest BCUT2D eigenvalue weighted by Crippen LogP contribution is 2.18. The van der Waals surface area contributed by atoms with Crippen molar-refractivity contribution in [3.8, 4) is 5.75 Å². The van der Waals surface area contributed by atoms with Crippen LogP contribution in [0.4, 0.5) is 5.69 Å². The molecule has 1 amide bonds. The van der Waals surface area contributed by atoms with E-state index in [2.05, 4.69) is 10.4 Å². The summed E-state index contributed by atoms with van der Waals surface area (Å²) < 4.78 is 17.6. The summed E-state index contributed by atoms with van der Waals surface area (Å²) in [4.78, 5) is 24.1. The topological polar surface area (TPSA) is 95.6 Å². The van der Waals surface area contributed by atoms with Gasteiger partial charge in [-0.05, 0) is 38.1 Å². The molecule has 0 fully saturated rings. The summed E-state index contributed by atoms with van der Waals surface area (Å²) in [5.74, 6) is 0.00299. The lowest BCUT2D eigenvalue weighted by Crippen LogP contribution is -2.21. The number of aryl methyl sites for hydroxylation is 2. The first-order valence-corrected chi connectivity index (χ1v) is 8.67. The van der Waals surface area contributed by atoms with Gasteiger partial charge < -0.3 is 19.2 Å². The molecule has 3 aromatic rings. The van der Waals surface area contributed by atoms with Crippen molar-refractivity contribution in [1.29, 1.82) is 0 Å². The highest BCUT2D eigenvalue weighted by molar-refractivity contribution is 5.95. The zero-order valence-corrected chi connectivity index (χ0v) is 15.9. The van der Waals surface area contributed by atoms with E-state index in [1.807, 2.05) is 37.3 Å². The highest BCUT2D eigenvalue weighted by Gasteiger charge is 2.17. The molecule has 2 aromatic heterocycles. The summed E-state index contributed by atoms with van der Waals surface area (Å²) >= 11 is 0. The minimum absolute atomic E-state index is 0.00759. The number of amides is 1. The van der Waals surface area contributed by atoms with Crippen LogP contribution >= 0.6 is 0 Å². The minimum atomic E-state index is -0.722. The molecule has 2 heterocycles. The van der Waals surface area contributed by atoms with E-state index >= 15 is 0 Å². The van der Waals surface area contributed by atoms with Crippen LogP contribution in [0.15, 0.2) is 46.9 Å². The Labute approximate surface area is 162 Å². The van der Waals surface area contributed by atoms with Gasteiger partial charge >= 0.3 is 5.97 Å². The van der Waals surface area contributed by atoms with E-state index in [9.17, 15) is 9.59 Å². The molecule has 8 heteroatoms. The van der Waals surface area contributed by atoms with Gasteiger partial charge in [-0.25, -0.2) is 4.79 Å². The standard InChI is InChI=1S/C20H21N3O5/c1-13-19(14(2)23(3)22-13)21-18(24)12-27-20(25)17-10-9-16(28-17)11-26-15-7-5-4-6-8-15/h4-10H,11-12H2,1-3H3,(H,21,24). The van der Waals surface area contributed by atoms with E-state index in [0.29, 0.717) is 22.9 Å². The minimum Gasteiger partial charge on any atom is -0.486 e. The smallest absolute Gasteiger partial charge is 0.374 e. The van der Waals surface area contributed by atoms with Crippen molar-refractivity contribution in [3.05, 3.63) is 65.4 Å². The van der Waals surface area contributed by atoms with Crippen LogP contribution in [-0.2, 0) is 23.2 Å². The Hall–Kier alpha value is -3.55. The van der Waals surface area contributed by atoms with Gasteiger partial charge in [-0.3, -0.25) is 9.48 Å². The fourth-order valence-corrected chi connectivity index (χ4v) is 2.57. The second-order valence-corrected chi connectivity index (χ2v) is 6.16. The third-order valence-electron chi connectivity index (χ3n) is 4.09. The summed E-state index contributed by atoms with van der Waals surface area (Å²) in [6.07, 6.45) is 0. The number of carbonyl (C=O) groups is 2. The van der Waals surface area contributed by atoms with Crippen LogP contribution in [0.2, 0.25) is 0 Å². The molecule has 0 atom stereocenters. The summed E-state index contributed by atoms with van der Waals surface area (Å²) in [6, 6.07) is 12.4. The lowest BCUT2D eigenvalue weighted by Gasteiger charge is -2.06. The number of anilines is 1. The van der Waals surface area contributed by atoms with Crippen molar-refractivity contribution in [2.24, 2.45) is 7.05 Å². The van der Waals surface area contributed by atoms with Gasteiger partial charge in [0.25, 0.3) is 5.91 Å². The van der Waals surface area contributed by atoms with Crippen LogP contribution < -0.4 is 10.1 Å². The molecular formula is C20H21N3O5. The summed E-state index contributed by atoms with van der Waals surface area (Å²) in [5, 5.41) is 6.92. The molecule has 0 saturated carbocycles. The van der Waals surface area contributed by atoms with Crippen LogP contribution in [0.5, 0.6) is 5.75 Å². The van der Waals surface area contributed by atoms with Crippen molar-refractivity contribution in [1.82, 2.24) is 9.78 Å². The number of hydrogen-bond acceptors (Lipinski definition) is 6. The fourth-order valence-electron chi connectivity index (χ4n) is 2.57. The number of hydrogen-bond donors (Lipinski definition) is 1. The largest absolute Gasteiger partial charge is 0.486 e. The molecule has 0 bridgehead atoms. The van der Waals surface area contributed by atoms with E-state index in [0.717, 1.165) is 5.69 Å². The summed E-state index contributed by atoms with van der Waals surface area (Å²) in [7, 11) is 1.79. The molecule has 0 radical (unpaired) electrons. The number of nitrogens with one attached hydrogen (secondary N) is 1. The molecule has 146 valence electrons. The first kappa shape index (κ1) is 19.2. The highest BCUT2D eigenvalue weighted by atomic mass is 16.6. The van der Waals surface area contributed by atoms with Crippen LogP contribution in [0.25, 0.3) is 0 Å². The average Bonchev–Trinajstić information content (AvgIpc) is 3.26. The maximum atomic E-state index is 12.1. The average molecular weight is 383 g/mol. The third-order valence-corrected chi connectivity index (χ3v) is 4.09. The number of furan rings is 1. The molecule has 1 N–H and O–H groups in total. The first-order chi connectivity index (χ1) is 13.4. The SMILES string of the molecule is Cc1nn(C)c(C)c1NC(=O)COC(=O)c1ccc(COc2ccccc2)o1. The Morgan fingerprint density at radius 2 is 1.89 bits per heavy atom. The zero-order chi connectivity index (χ0) is 20.1. The van der Waals surface area contributed by atoms with Gasteiger partial charge in [0.1, 0.15) is 18.1 Å². The Balaban J connectivity index is 1.49. The molecule has 0 unspecified atom stereocenters. The monoisotopic (exact) mass is 383 g/mol. The van der Waals surface area contributed by atoms with Gasteiger partial charge in [0.05, 0.1) is 17.1 Å². The van der Waals surface area contributed by atoms with Crippen LogP contribution in [0, 0.1) is 13.8 Å². The van der Waals surface area contributed by atoms with Crippen LogP contribution in [0.3, 0.4) is 0 Å². The van der Waals surface area contributed by atoms with E-state index in [-0.39, 0.29) is 12.4 Å². The Kier molecular flexibility index (Phi) is 5.78. The number of rotatable bonds is 7. The van der Waals surface area contributed by atoms with E-state index in [1.165, 1.54) is 6.07 Å². The summed E-state index contributed by atoms with van der Waals surface area (Å²) in [5.41, 5.74) is 2.11. The van der Waals surface area contributed by atoms with Crippen molar-refractivity contribution < 1.29 is 23.5 Å². The molecule has 0 aliphatic rings. The molecule has 0 aliphatic carbocycles. The van der Waals surface area contributed by atoms with Crippen molar-refractivity contribution in [3.63, 3.8) is 0 Å². The molecule has 8 nitrogen and oxygen atoms in total. The van der Waals surface area contributed by atoms with E-state index < -0.39 is 18.5 Å². The number of para-hydroxylation sites is 1. The number of benzene rings is 1. The number of carbonyl (C=O) groups excluding carboxylic acids is 2. The number of esters is 1. The Morgan fingerprint density at radius 3 is 2.57 bits per heavy atom. The predicted octanol–water partition coefficient (Wildman–Crippen LogP) is 3.00. The lowest BCUT2D eigenvalue weighted by molar-refractivity contribution is -0.119. The Morgan fingerprint density at radius 1 is 1.14 bits per heavy atom. The molecule has 0 saturated heterocycles. The van der Waals surface area contributed by atoms with E-state index in [1.54, 1.807) is 24.7 Å². The normalized spacial score (nSPS) is 10.5. The third kappa shape index (κ3) is 4.59. The number of ether oxygens (including phenoxy) is 2. The van der Waals surface area contributed by atoms with E-state index in [4.69, 9.17) is 13.9 Å². The van der Waals surface area contributed by atoms with Gasteiger partial charge in [-0.15, -0.1) is 0 Å². The van der Waals surface area contributed by atoms with Gasteiger partial charge in [0.2, 0.25) is 5.76 Å². The zero-order valence-electron chi connectivity index (χ0n) is 15.9. The second-order valence-electron chi connectivity index (χ2n) is 6.16. The molecule has 0 spiro atoms. The number of aromatic nitrogens is 2. The van der Waals surface area contributed by atoms with Crippen LogP contribution in [-0.4, -0.2) is 28.3 Å². The lowest BCUT2D eigenvalue weighted by atomic mass is 10.3. The van der Waals surface area contributed by atoms with Crippen molar-refractivity contribution in [2.75, 3.05) is 11.9 Å². The fraction of sp³-hybridized carbons (Fsp3) is 0.250. The van der Waals surface area contributed by atoms with Gasteiger partial charge in [-0.2, -0.15) is 5.10 Å². The van der Waals surface area contributed by atoms with Gasteiger partial charge in [0, 0.05) is 7.05 Å². The maximum Gasteiger partial charge on any atom is 0.374 e.